The second-order valence-electron chi connectivity index (χ2n) is 6.57. The van der Waals surface area contributed by atoms with Crippen molar-refractivity contribution >= 4 is 57.3 Å². The molecule has 5 N–H and O–H groups in total. The number of β-lactam (4-membered cyclic amide) rings is 1. The number of oxime groups is 1. The van der Waals surface area contributed by atoms with Crippen LogP contribution in [0.3, 0.4) is 0 Å². The first-order chi connectivity index (χ1) is 15.2. The van der Waals surface area contributed by atoms with E-state index in [9.17, 15) is 34.2 Å². The number of hydrogen-bond donors (Lipinski definition) is 4. The van der Waals surface area contributed by atoms with Crippen LogP contribution in [0.1, 0.15) is 11.3 Å². The van der Waals surface area contributed by atoms with Gasteiger partial charge in [-0.1, -0.05) is 5.16 Å². The van der Waals surface area contributed by atoms with Crippen LogP contribution in [0.25, 0.3) is 5.57 Å². The molecule has 1 unspecified atom stereocenters. The van der Waals surface area contributed by atoms with E-state index in [1.165, 1.54) is 12.5 Å². The Kier molecular flexibility index (Phi) is 5.21. The van der Waals surface area contributed by atoms with E-state index in [2.05, 4.69) is 20.3 Å². The number of carbonyl (C=O) groups excluding carboxylic acids is 2. The maximum absolute atomic E-state index is 12.7. The van der Waals surface area contributed by atoms with Gasteiger partial charge in [-0.25, -0.2) is 9.78 Å². The van der Waals surface area contributed by atoms with Crippen LogP contribution in [0.5, 0.6) is 5.75 Å². The van der Waals surface area contributed by atoms with Gasteiger partial charge in [0.25, 0.3) is 17.2 Å². The molecule has 166 valence electrons. The molecule has 1 aromatic carbocycles. The van der Waals surface area contributed by atoms with Crippen LogP contribution in [0, 0.1) is 0 Å². The van der Waals surface area contributed by atoms with Crippen molar-refractivity contribution in [3.05, 3.63) is 42.8 Å². The number of aromatic nitrogens is 1. The highest BCUT2D eigenvalue weighted by atomic mass is 32.2. The van der Waals surface area contributed by atoms with Crippen molar-refractivity contribution < 1.29 is 29.4 Å². The van der Waals surface area contributed by atoms with Gasteiger partial charge >= 0.3 is 5.97 Å². The summed E-state index contributed by atoms with van der Waals surface area (Å²) in [6, 6.07) is -1.09. The summed E-state index contributed by atoms with van der Waals surface area (Å²) >= 11 is 2.13. The van der Waals surface area contributed by atoms with Crippen LogP contribution in [0.2, 0.25) is 0 Å². The number of thiazole rings is 1. The molecule has 0 aliphatic carbocycles. The Balaban J connectivity index is 1.60. The number of aliphatic carboxylic acids is 1. The van der Waals surface area contributed by atoms with Crippen molar-refractivity contribution in [2.75, 3.05) is 18.6 Å². The first-order valence-electron chi connectivity index (χ1n) is 8.74. The molecule has 1 saturated heterocycles. The molecule has 0 bridgehead atoms. The number of amides is 2. The second kappa shape index (κ2) is 7.76. The zero-order chi connectivity index (χ0) is 23.3. The molecule has 2 aliphatic heterocycles. The number of anilines is 1. The third-order valence-corrected chi connectivity index (χ3v) is 6.76. The van der Waals surface area contributed by atoms with E-state index in [1.807, 2.05) is 0 Å². The molecule has 0 radical (unpaired) electrons. The fraction of sp³-hybridized carbons (Fsp3) is 0.235. The molecule has 13 nitrogen and oxygen atoms in total. The van der Waals surface area contributed by atoms with Gasteiger partial charge in [0.15, 0.2) is 16.6 Å². The Morgan fingerprint density at radius 2 is 2.06 bits per heavy atom. The highest BCUT2D eigenvalue weighted by molar-refractivity contribution is 8.00. The Morgan fingerprint density at radius 1 is 1.34 bits per heavy atom. The second-order valence-corrected chi connectivity index (χ2v) is 8.56. The number of rotatable bonds is 6. The Hall–Kier alpha value is -3.72. The Labute approximate surface area is 185 Å². The summed E-state index contributed by atoms with van der Waals surface area (Å²) in [4.78, 5) is 69.9. The molecule has 4 rings (SSSR count). The van der Waals surface area contributed by atoms with Crippen LogP contribution in [0.4, 0.5) is 5.13 Å². The van der Waals surface area contributed by atoms with Gasteiger partial charge in [0.05, 0.1) is 5.56 Å². The third-order valence-electron chi connectivity index (χ3n) is 4.81. The van der Waals surface area contributed by atoms with Crippen LogP contribution >= 0.6 is 23.1 Å². The Bertz CT molecular complexity index is 1300. The van der Waals surface area contributed by atoms with E-state index in [-0.39, 0.29) is 27.9 Å². The smallest absolute Gasteiger partial charge is 0.352 e. The number of hydrogen-bond acceptors (Lipinski definition) is 12. The number of carboxylic acid groups (broad SMARTS) is 1. The van der Waals surface area contributed by atoms with Crippen molar-refractivity contribution in [3.63, 3.8) is 0 Å². The predicted octanol–water partition coefficient (Wildman–Crippen LogP) is -1.73. The molecule has 0 spiro atoms. The largest absolute Gasteiger partial charge is 0.503 e. The maximum atomic E-state index is 12.7. The molecule has 0 saturated carbocycles. The van der Waals surface area contributed by atoms with Crippen molar-refractivity contribution in [3.8, 4) is 5.75 Å². The zero-order valence-electron chi connectivity index (χ0n) is 16.0. The van der Waals surface area contributed by atoms with E-state index in [0.29, 0.717) is 0 Å². The van der Waals surface area contributed by atoms with Gasteiger partial charge in [-0.3, -0.25) is 24.1 Å². The third kappa shape index (κ3) is 3.13. The summed E-state index contributed by atoms with van der Waals surface area (Å²) in [6.45, 7) is 0. The number of fused-ring (bicyclic) bond motifs is 1. The van der Waals surface area contributed by atoms with Gasteiger partial charge in [-0.2, -0.15) is 0 Å². The zero-order valence-corrected chi connectivity index (χ0v) is 17.7. The lowest BCUT2D eigenvalue weighted by molar-refractivity contribution is -0.149. The van der Waals surface area contributed by atoms with Gasteiger partial charge in [0.2, 0.25) is 5.43 Å². The van der Waals surface area contributed by atoms with Crippen LogP contribution in [-0.4, -0.2) is 67.9 Å². The minimum atomic E-state index is -1.52. The monoisotopic (exact) mass is 479 g/mol. The molecule has 1 aromatic heterocycles. The summed E-state index contributed by atoms with van der Waals surface area (Å²) in [5, 5.41) is 26.3. The lowest BCUT2D eigenvalue weighted by Crippen LogP contribution is -2.71. The lowest BCUT2D eigenvalue weighted by Gasteiger charge is -2.49. The highest BCUT2D eigenvalue weighted by Gasteiger charge is 2.55. The fourth-order valence-corrected chi connectivity index (χ4v) is 5.27. The van der Waals surface area contributed by atoms with E-state index in [1.54, 1.807) is 0 Å². The van der Waals surface area contributed by atoms with Crippen molar-refractivity contribution in [1.29, 1.82) is 0 Å². The maximum Gasteiger partial charge on any atom is 0.352 e. The number of nitrogen functional groups attached to an aromatic ring is 1. The van der Waals surface area contributed by atoms with Gasteiger partial charge in [-0.05, 0) is 0 Å². The van der Waals surface area contributed by atoms with Crippen LogP contribution < -0.4 is 21.9 Å². The van der Waals surface area contributed by atoms with Gasteiger partial charge < -0.3 is 26.1 Å². The molecule has 15 heteroatoms. The van der Waals surface area contributed by atoms with Gasteiger partial charge in [-0.15, -0.1) is 23.1 Å². The fourth-order valence-electron chi connectivity index (χ4n) is 3.37. The van der Waals surface area contributed by atoms with Crippen LogP contribution in [-0.2, 0) is 19.2 Å². The number of nitrogens with one attached hydrogen (secondary N) is 1. The van der Waals surface area contributed by atoms with Crippen molar-refractivity contribution in [1.82, 2.24) is 15.2 Å². The van der Waals surface area contributed by atoms with E-state index >= 15 is 0 Å². The minimum absolute atomic E-state index is 0.0809. The quantitative estimate of drug-likeness (QED) is 0.159. The average molecular weight is 479 g/mol. The highest BCUT2D eigenvalue weighted by Crippen LogP contribution is 2.44. The molecule has 3 heterocycles. The standard InChI is InChI=1S/C17H13N5O8S2/c1-30-21-7(5-3-32-17(18)19-5)13(26)20-8-14(27)22-9(16(28)29)4(2-31-15(8)22)6-10(23)12(25)11(6)24/h3,8,15,23H,2H2,1H3,(H2,18,19)(H,20,26)(H,28,29)/b21-7-/t8?,15-/m1/s1. The summed E-state index contributed by atoms with van der Waals surface area (Å²) in [7, 11) is 1.22. The summed E-state index contributed by atoms with van der Waals surface area (Å²) < 4.78 is 0. The molecule has 2 aliphatic rings. The van der Waals surface area contributed by atoms with E-state index < -0.39 is 57.1 Å². The topological polar surface area (TPSA) is 202 Å². The number of thioether (sulfide) groups is 1. The summed E-state index contributed by atoms with van der Waals surface area (Å²) in [6.07, 6.45) is 0. The van der Waals surface area contributed by atoms with Crippen molar-refractivity contribution in [2.24, 2.45) is 5.16 Å². The molecule has 2 atom stereocenters. The summed E-state index contributed by atoms with van der Waals surface area (Å²) in [5.41, 5.74) is 2.29. The lowest BCUT2D eigenvalue weighted by atomic mass is 9.95. The number of nitrogens with zero attached hydrogens (tertiary/aromatic N) is 3. The van der Waals surface area contributed by atoms with E-state index in [0.717, 1.165) is 28.0 Å². The Morgan fingerprint density at radius 3 is 2.62 bits per heavy atom. The number of carboxylic acids is 1. The van der Waals surface area contributed by atoms with Crippen molar-refractivity contribution in [2.45, 2.75) is 11.4 Å². The number of nitrogens with two attached hydrogens (primary N) is 1. The molecule has 32 heavy (non-hydrogen) atoms. The normalized spacial score (nSPS) is 20.7. The van der Waals surface area contributed by atoms with Gasteiger partial charge in [0, 0.05) is 16.7 Å². The first-order valence-corrected chi connectivity index (χ1v) is 10.7. The SMILES string of the molecule is CO/N=C(\C(=O)NC1C(=O)N2C(C(=O)O)=C(c3c(O)c(=O)c3=O)CS[C@H]12)c1csc(N)n1. The predicted molar refractivity (Wildman–Crippen MR) is 113 cm³/mol. The first kappa shape index (κ1) is 21.5. The minimum Gasteiger partial charge on any atom is -0.503 e. The number of aromatic hydroxyl groups is 1. The molecule has 2 aromatic rings. The molecular weight excluding hydrogens is 466 g/mol. The molecular formula is C17H13N5O8S2. The summed E-state index contributed by atoms with van der Waals surface area (Å²) in [5.74, 6) is -3.97. The average Bonchev–Trinajstić information content (AvgIpc) is 3.20. The van der Waals surface area contributed by atoms with Gasteiger partial charge in [0.1, 0.15) is 29.9 Å². The molecule has 1 fully saturated rings. The van der Waals surface area contributed by atoms with E-state index in [4.69, 9.17) is 5.73 Å². The van der Waals surface area contributed by atoms with Crippen LogP contribution in [0.15, 0.2) is 25.8 Å². The number of carbonyl (C=O) groups is 3. The molecule has 2 amide bonds.